The SMILES string of the molecule is c1ccc(-c2nc(C3(c4nc(-c5ccccc5)c(-c5ccccc5)o4)CC3)oc2-c2ccccc2)cc1. The summed E-state index contributed by atoms with van der Waals surface area (Å²) in [6.45, 7) is 0. The van der Waals surface area contributed by atoms with E-state index in [1.54, 1.807) is 0 Å². The fraction of sp³-hybridized carbons (Fsp3) is 0.0909. The monoisotopic (exact) mass is 480 g/mol. The van der Waals surface area contributed by atoms with Crippen molar-refractivity contribution in [1.82, 2.24) is 9.97 Å². The van der Waals surface area contributed by atoms with E-state index in [0.717, 1.165) is 58.0 Å². The third-order valence-corrected chi connectivity index (χ3v) is 6.99. The summed E-state index contributed by atoms with van der Waals surface area (Å²) in [7, 11) is 0. The van der Waals surface area contributed by atoms with Gasteiger partial charge in [0.05, 0.1) is 0 Å². The second-order valence-corrected chi connectivity index (χ2v) is 9.44. The lowest BCUT2D eigenvalue weighted by atomic mass is 10.1. The van der Waals surface area contributed by atoms with Crippen molar-refractivity contribution >= 4 is 0 Å². The first kappa shape index (κ1) is 21.6. The predicted molar refractivity (Wildman–Crippen MR) is 145 cm³/mol. The smallest absolute Gasteiger partial charge is 0.211 e. The van der Waals surface area contributed by atoms with Gasteiger partial charge in [-0.15, -0.1) is 0 Å². The normalized spacial score (nSPS) is 13.9. The van der Waals surface area contributed by atoms with Gasteiger partial charge in [0.1, 0.15) is 16.8 Å². The van der Waals surface area contributed by atoms with Crippen LogP contribution in [0.15, 0.2) is 130 Å². The van der Waals surface area contributed by atoms with Gasteiger partial charge in [0.2, 0.25) is 11.8 Å². The molecule has 0 spiro atoms. The molecular weight excluding hydrogens is 456 g/mol. The highest BCUT2D eigenvalue weighted by Crippen LogP contribution is 2.55. The molecule has 0 saturated heterocycles. The van der Waals surface area contributed by atoms with Crippen LogP contribution in [0.1, 0.15) is 24.6 Å². The Bertz CT molecular complexity index is 1410. The Morgan fingerprint density at radius 1 is 0.432 bits per heavy atom. The number of nitrogens with zero attached hydrogens (tertiary/aromatic N) is 2. The Balaban J connectivity index is 1.39. The van der Waals surface area contributed by atoms with Gasteiger partial charge in [0, 0.05) is 22.3 Å². The van der Waals surface area contributed by atoms with Crippen molar-refractivity contribution in [2.24, 2.45) is 0 Å². The first-order chi connectivity index (χ1) is 18.3. The molecule has 0 bridgehead atoms. The minimum Gasteiger partial charge on any atom is -0.439 e. The molecule has 4 aromatic carbocycles. The Hall–Kier alpha value is -4.70. The Labute approximate surface area is 215 Å². The van der Waals surface area contributed by atoms with E-state index in [4.69, 9.17) is 18.8 Å². The quantitative estimate of drug-likeness (QED) is 0.240. The van der Waals surface area contributed by atoms with E-state index in [1.807, 2.05) is 72.8 Å². The Morgan fingerprint density at radius 2 is 0.757 bits per heavy atom. The van der Waals surface area contributed by atoms with Crippen LogP contribution in [0, 0.1) is 0 Å². The summed E-state index contributed by atoms with van der Waals surface area (Å²) >= 11 is 0. The third-order valence-electron chi connectivity index (χ3n) is 6.99. The van der Waals surface area contributed by atoms with Crippen LogP contribution in [0.25, 0.3) is 45.2 Å². The van der Waals surface area contributed by atoms with Crippen molar-refractivity contribution in [3.63, 3.8) is 0 Å². The summed E-state index contributed by atoms with van der Waals surface area (Å²) in [4.78, 5) is 10.2. The maximum absolute atomic E-state index is 6.59. The summed E-state index contributed by atoms with van der Waals surface area (Å²) in [5.41, 5.74) is 5.24. The van der Waals surface area contributed by atoms with Crippen LogP contribution < -0.4 is 0 Å². The van der Waals surface area contributed by atoms with Gasteiger partial charge in [-0.2, -0.15) is 0 Å². The van der Waals surface area contributed by atoms with E-state index in [-0.39, 0.29) is 0 Å². The largest absolute Gasteiger partial charge is 0.439 e. The second-order valence-electron chi connectivity index (χ2n) is 9.44. The number of rotatable bonds is 6. The number of aromatic nitrogens is 2. The number of hydrogen-bond donors (Lipinski definition) is 0. The van der Waals surface area contributed by atoms with Crippen molar-refractivity contribution in [2.75, 3.05) is 0 Å². The van der Waals surface area contributed by atoms with Gasteiger partial charge in [-0.25, -0.2) is 9.97 Å². The van der Waals surface area contributed by atoms with Crippen molar-refractivity contribution in [2.45, 2.75) is 18.3 Å². The molecule has 7 rings (SSSR count). The van der Waals surface area contributed by atoms with Crippen LogP contribution in [0.5, 0.6) is 0 Å². The molecule has 0 N–H and O–H groups in total. The Kier molecular flexibility index (Phi) is 5.10. The molecule has 2 heterocycles. The molecule has 1 aliphatic carbocycles. The maximum Gasteiger partial charge on any atom is 0.211 e. The molecule has 2 aromatic heterocycles. The van der Waals surface area contributed by atoms with Gasteiger partial charge in [-0.3, -0.25) is 0 Å². The van der Waals surface area contributed by atoms with Gasteiger partial charge in [0.25, 0.3) is 0 Å². The van der Waals surface area contributed by atoms with Gasteiger partial charge in [0.15, 0.2) is 11.5 Å². The van der Waals surface area contributed by atoms with E-state index in [2.05, 4.69) is 48.5 Å². The van der Waals surface area contributed by atoms with Crippen LogP contribution in [0.2, 0.25) is 0 Å². The van der Waals surface area contributed by atoms with Crippen molar-refractivity contribution < 1.29 is 8.83 Å². The predicted octanol–water partition coefficient (Wildman–Crippen LogP) is 8.41. The summed E-state index contributed by atoms with van der Waals surface area (Å²) in [6, 6.07) is 40.7. The lowest BCUT2D eigenvalue weighted by Crippen LogP contribution is -2.09. The second kappa shape index (κ2) is 8.75. The highest BCUT2D eigenvalue weighted by atomic mass is 16.4. The zero-order chi connectivity index (χ0) is 24.7. The van der Waals surface area contributed by atoms with Crippen LogP contribution in [-0.2, 0) is 5.41 Å². The molecule has 178 valence electrons. The lowest BCUT2D eigenvalue weighted by Gasteiger charge is -2.06. The summed E-state index contributed by atoms with van der Waals surface area (Å²) in [5, 5.41) is 0. The minimum atomic E-state index is -0.479. The van der Waals surface area contributed by atoms with Gasteiger partial charge < -0.3 is 8.83 Å². The fourth-order valence-corrected chi connectivity index (χ4v) is 4.85. The van der Waals surface area contributed by atoms with Crippen molar-refractivity contribution in [3.05, 3.63) is 133 Å². The van der Waals surface area contributed by atoms with Crippen LogP contribution >= 0.6 is 0 Å². The fourth-order valence-electron chi connectivity index (χ4n) is 4.85. The molecule has 0 atom stereocenters. The zero-order valence-corrected chi connectivity index (χ0v) is 20.2. The molecule has 6 aromatic rings. The van der Waals surface area contributed by atoms with Crippen LogP contribution in [0.3, 0.4) is 0 Å². The van der Waals surface area contributed by atoms with E-state index in [0.29, 0.717) is 11.8 Å². The summed E-state index contributed by atoms with van der Waals surface area (Å²) in [6.07, 6.45) is 1.75. The Morgan fingerprint density at radius 3 is 1.08 bits per heavy atom. The van der Waals surface area contributed by atoms with E-state index < -0.39 is 5.41 Å². The molecule has 0 radical (unpaired) electrons. The van der Waals surface area contributed by atoms with Gasteiger partial charge >= 0.3 is 0 Å². The minimum absolute atomic E-state index is 0.479. The number of hydrogen-bond acceptors (Lipinski definition) is 4. The number of benzene rings is 4. The first-order valence-corrected chi connectivity index (χ1v) is 12.6. The van der Waals surface area contributed by atoms with E-state index in [1.165, 1.54) is 0 Å². The zero-order valence-electron chi connectivity index (χ0n) is 20.2. The maximum atomic E-state index is 6.59. The molecule has 0 unspecified atom stereocenters. The average molecular weight is 481 g/mol. The molecule has 1 saturated carbocycles. The molecule has 0 amide bonds. The van der Waals surface area contributed by atoms with Crippen LogP contribution in [0.4, 0.5) is 0 Å². The highest BCUT2D eigenvalue weighted by molar-refractivity contribution is 5.78. The molecule has 0 aliphatic heterocycles. The summed E-state index contributed by atoms with van der Waals surface area (Å²) < 4.78 is 13.2. The highest BCUT2D eigenvalue weighted by Gasteiger charge is 2.55. The molecule has 1 fully saturated rings. The van der Waals surface area contributed by atoms with Crippen molar-refractivity contribution in [1.29, 1.82) is 0 Å². The molecule has 4 nitrogen and oxygen atoms in total. The van der Waals surface area contributed by atoms with Crippen LogP contribution in [-0.4, -0.2) is 9.97 Å². The molecule has 1 aliphatic rings. The first-order valence-electron chi connectivity index (χ1n) is 12.6. The van der Waals surface area contributed by atoms with Gasteiger partial charge in [-0.05, 0) is 12.8 Å². The summed E-state index contributed by atoms with van der Waals surface area (Å²) in [5.74, 6) is 2.86. The van der Waals surface area contributed by atoms with Gasteiger partial charge in [-0.1, -0.05) is 121 Å². The lowest BCUT2D eigenvalue weighted by molar-refractivity contribution is 0.404. The average Bonchev–Trinajstić information content (AvgIpc) is 3.45. The van der Waals surface area contributed by atoms with E-state index >= 15 is 0 Å². The van der Waals surface area contributed by atoms with Crippen molar-refractivity contribution in [3.8, 4) is 45.2 Å². The van der Waals surface area contributed by atoms with E-state index in [9.17, 15) is 0 Å². The number of oxazole rings is 2. The molecule has 37 heavy (non-hydrogen) atoms. The molecule has 4 heteroatoms. The third kappa shape index (κ3) is 3.78. The molecular formula is C33H24N2O2. The topological polar surface area (TPSA) is 52.1 Å². The standard InChI is InChI=1S/C33H24N2O2/c1-5-13-23(14-6-1)27-29(25-17-9-3-10-18-25)36-31(34-27)33(21-22-33)32-35-28(24-15-7-2-8-16-24)30(37-32)26-19-11-4-12-20-26/h1-20H,21-22H2.